The van der Waals surface area contributed by atoms with Crippen LogP contribution in [0.25, 0.3) is 5.69 Å². The Morgan fingerprint density at radius 3 is 2.92 bits per heavy atom. The fraction of sp³-hybridized carbons (Fsp3) is 0.389. The first-order valence-electron chi connectivity index (χ1n) is 8.41. The summed E-state index contributed by atoms with van der Waals surface area (Å²) < 4.78 is 12.9. The van der Waals surface area contributed by atoms with Crippen LogP contribution < -0.4 is 0 Å². The van der Waals surface area contributed by atoms with Crippen LogP contribution in [0.3, 0.4) is 0 Å². The maximum atomic E-state index is 5.81. The summed E-state index contributed by atoms with van der Waals surface area (Å²) >= 11 is 0. The number of hydrogen-bond acceptors (Lipinski definition) is 6. The summed E-state index contributed by atoms with van der Waals surface area (Å²) in [5.74, 6) is 1.20. The monoisotopic (exact) mass is 339 g/mol. The van der Waals surface area contributed by atoms with Crippen molar-refractivity contribution in [1.82, 2.24) is 24.6 Å². The molecule has 1 aliphatic rings. The van der Waals surface area contributed by atoms with E-state index in [4.69, 9.17) is 9.26 Å². The molecule has 7 nitrogen and oxygen atoms in total. The lowest BCUT2D eigenvalue weighted by Crippen LogP contribution is -2.38. The third-order valence-electron chi connectivity index (χ3n) is 4.50. The number of benzene rings is 1. The Labute approximate surface area is 146 Å². The predicted octanol–water partition coefficient (Wildman–Crippen LogP) is 2.45. The number of nitrogens with zero attached hydrogens (tertiary/aromatic N) is 5. The lowest BCUT2D eigenvalue weighted by molar-refractivity contribution is -0.0381. The van der Waals surface area contributed by atoms with E-state index in [0.717, 1.165) is 25.3 Å². The molecule has 0 spiro atoms. The van der Waals surface area contributed by atoms with E-state index in [9.17, 15) is 0 Å². The van der Waals surface area contributed by atoms with Gasteiger partial charge in [0.05, 0.1) is 12.9 Å². The van der Waals surface area contributed by atoms with E-state index in [1.165, 1.54) is 11.1 Å². The molecular weight excluding hydrogens is 318 g/mol. The Morgan fingerprint density at radius 2 is 2.20 bits per heavy atom. The van der Waals surface area contributed by atoms with Crippen LogP contribution in [0, 0.1) is 13.8 Å². The number of aryl methyl sites for hydroxylation is 2. The summed E-state index contributed by atoms with van der Waals surface area (Å²) in [6, 6.07) is 6.51. The summed E-state index contributed by atoms with van der Waals surface area (Å²) in [7, 11) is 0. The van der Waals surface area contributed by atoms with Gasteiger partial charge in [-0.2, -0.15) is 4.98 Å². The van der Waals surface area contributed by atoms with Gasteiger partial charge >= 0.3 is 0 Å². The molecule has 0 amide bonds. The largest absolute Gasteiger partial charge is 0.367 e. The average molecular weight is 339 g/mol. The standard InChI is InChI=1S/C18H21N5O2/c1-13-9-16(23-6-5-19-12-23)4-3-15(13)10-22-7-8-24-17(11-22)18-20-14(2)25-21-18/h3-6,9,12,17H,7-8,10-11H2,1-2H3. The Bertz CT molecular complexity index is 843. The minimum absolute atomic E-state index is 0.128. The summed E-state index contributed by atoms with van der Waals surface area (Å²) in [6.45, 7) is 7.16. The molecule has 4 rings (SSSR count). The highest BCUT2D eigenvalue weighted by Crippen LogP contribution is 2.23. The van der Waals surface area contributed by atoms with E-state index in [2.05, 4.69) is 45.1 Å². The second kappa shape index (κ2) is 6.78. The molecule has 1 aliphatic heterocycles. The molecule has 1 atom stereocenters. The molecular formula is C18H21N5O2. The fourth-order valence-corrected chi connectivity index (χ4v) is 3.12. The van der Waals surface area contributed by atoms with Crippen LogP contribution in [0.5, 0.6) is 0 Å². The molecule has 3 heterocycles. The van der Waals surface area contributed by atoms with Crippen molar-refractivity contribution in [2.45, 2.75) is 26.5 Å². The van der Waals surface area contributed by atoms with Crippen LogP contribution in [0.2, 0.25) is 0 Å². The molecule has 0 radical (unpaired) electrons. The quantitative estimate of drug-likeness (QED) is 0.727. The first-order valence-corrected chi connectivity index (χ1v) is 8.41. The van der Waals surface area contributed by atoms with Gasteiger partial charge in [-0.1, -0.05) is 11.2 Å². The zero-order chi connectivity index (χ0) is 17.2. The van der Waals surface area contributed by atoms with E-state index in [1.807, 2.05) is 17.1 Å². The molecule has 2 aromatic heterocycles. The summed E-state index contributed by atoms with van der Waals surface area (Å²) in [4.78, 5) is 10.8. The van der Waals surface area contributed by atoms with Crippen LogP contribution in [-0.4, -0.2) is 44.3 Å². The van der Waals surface area contributed by atoms with E-state index in [1.54, 1.807) is 13.1 Å². The van der Waals surface area contributed by atoms with Gasteiger partial charge in [0.25, 0.3) is 0 Å². The molecule has 1 unspecified atom stereocenters. The van der Waals surface area contributed by atoms with Crippen molar-refractivity contribution in [3.8, 4) is 5.69 Å². The van der Waals surface area contributed by atoms with Crippen molar-refractivity contribution < 1.29 is 9.26 Å². The zero-order valence-corrected chi connectivity index (χ0v) is 14.4. The SMILES string of the molecule is Cc1nc(C2CN(Cc3ccc(-n4ccnc4)cc3C)CCO2)no1. The van der Waals surface area contributed by atoms with Gasteiger partial charge in [0.2, 0.25) is 11.7 Å². The predicted molar refractivity (Wildman–Crippen MR) is 91.3 cm³/mol. The third-order valence-corrected chi connectivity index (χ3v) is 4.50. The van der Waals surface area contributed by atoms with Crippen LogP contribution in [0.15, 0.2) is 41.4 Å². The summed E-state index contributed by atoms with van der Waals surface area (Å²) in [5.41, 5.74) is 3.71. The number of ether oxygens (including phenoxy) is 1. The normalized spacial score (nSPS) is 18.6. The Morgan fingerprint density at radius 1 is 1.28 bits per heavy atom. The maximum Gasteiger partial charge on any atom is 0.223 e. The third kappa shape index (κ3) is 3.47. The highest BCUT2D eigenvalue weighted by atomic mass is 16.5. The van der Waals surface area contributed by atoms with Gasteiger partial charge in [-0.3, -0.25) is 4.90 Å². The minimum atomic E-state index is -0.128. The van der Waals surface area contributed by atoms with Gasteiger partial charge in [0.15, 0.2) is 0 Å². The zero-order valence-electron chi connectivity index (χ0n) is 14.4. The molecule has 0 saturated carbocycles. The molecule has 130 valence electrons. The molecule has 25 heavy (non-hydrogen) atoms. The van der Waals surface area contributed by atoms with Crippen molar-refractivity contribution >= 4 is 0 Å². The highest BCUT2D eigenvalue weighted by Gasteiger charge is 2.26. The van der Waals surface area contributed by atoms with Crippen molar-refractivity contribution in [2.24, 2.45) is 0 Å². The van der Waals surface area contributed by atoms with Crippen molar-refractivity contribution in [2.75, 3.05) is 19.7 Å². The van der Waals surface area contributed by atoms with Crippen LogP contribution in [0.4, 0.5) is 0 Å². The van der Waals surface area contributed by atoms with Crippen molar-refractivity contribution in [1.29, 1.82) is 0 Å². The molecule has 3 aromatic rings. The van der Waals surface area contributed by atoms with Gasteiger partial charge < -0.3 is 13.8 Å². The number of imidazole rings is 1. The van der Waals surface area contributed by atoms with E-state index in [0.29, 0.717) is 18.3 Å². The molecule has 0 aliphatic carbocycles. The van der Waals surface area contributed by atoms with E-state index < -0.39 is 0 Å². The van der Waals surface area contributed by atoms with Crippen LogP contribution in [0.1, 0.15) is 28.9 Å². The van der Waals surface area contributed by atoms with E-state index in [-0.39, 0.29) is 6.10 Å². The number of rotatable bonds is 4. The molecule has 1 fully saturated rings. The fourth-order valence-electron chi connectivity index (χ4n) is 3.12. The second-order valence-electron chi connectivity index (χ2n) is 6.35. The Balaban J connectivity index is 1.46. The van der Waals surface area contributed by atoms with Crippen LogP contribution >= 0.6 is 0 Å². The first-order chi connectivity index (χ1) is 12.2. The lowest BCUT2D eigenvalue weighted by atomic mass is 10.1. The molecule has 0 bridgehead atoms. The van der Waals surface area contributed by atoms with Gasteiger partial charge in [0.1, 0.15) is 6.10 Å². The molecule has 7 heteroatoms. The Hall–Kier alpha value is -2.51. The van der Waals surface area contributed by atoms with Gasteiger partial charge in [-0.05, 0) is 30.2 Å². The van der Waals surface area contributed by atoms with Gasteiger partial charge in [-0.25, -0.2) is 4.98 Å². The molecule has 1 aromatic carbocycles. The number of hydrogen-bond donors (Lipinski definition) is 0. The smallest absolute Gasteiger partial charge is 0.223 e. The average Bonchev–Trinajstić information content (AvgIpc) is 3.29. The summed E-state index contributed by atoms with van der Waals surface area (Å²) in [5, 5.41) is 3.99. The number of morpholine rings is 1. The summed E-state index contributed by atoms with van der Waals surface area (Å²) in [6.07, 6.45) is 5.43. The van der Waals surface area contributed by atoms with Crippen molar-refractivity contribution in [3.05, 3.63) is 59.8 Å². The van der Waals surface area contributed by atoms with Gasteiger partial charge in [0, 0.05) is 44.6 Å². The molecule has 1 saturated heterocycles. The van der Waals surface area contributed by atoms with E-state index >= 15 is 0 Å². The second-order valence-corrected chi connectivity index (χ2v) is 6.35. The van der Waals surface area contributed by atoms with Crippen molar-refractivity contribution in [3.63, 3.8) is 0 Å². The minimum Gasteiger partial charge on any atom is -0.367 e. The number of aromatic nitrogens is 4. The lowest BCUT2D eigenvalue weighted by Gasteiger charge is -2.31. The topological polar surface area (TPSA) is 69.2 Å². The maximum absolute atomic E-state index is 5.81. The molecule has 0 N–H and O–H groups in total. The van der Waals surface area contributed by atoms with Crippen LogP contribution in [-0.2, 0) is 11.3 Å². The van der Waals surface area contributed by atoms with Gasteiger partial charge in [-0.15, -0.1) is 0 Å². The Kier molecular flexibility index (Phi) is 4.33. The highest BCUT2D eigenvalue weighted by molar-refractivity contribution is 5.40. The first kappa shape index (κ1) is 16.0.